The van der Waals surface area contributed by atoms with Crippen LogP contribution in [0.5, 0.6) is 0 Å². The number of rotatable bonds is 5. The van der Waals surface area contributed by atoms with E-state index in [2.05, 4.69) is 20.9 Å². The molecule has 1 atom stereocenters. The number of hydrogen-bond acceptors (Lipinski definition) is 2. The minimum Gasteiger partial charge on any atom is -0.355 e. The first-order chi connectivity index (χ1) is 12.4. The predicted octanol–water partition coefficient (Wildman–Crippen LogP) is 3.54. The Morgan fingerprint density at radius 3 is 2.59 bits per heavy atom. The largest absolute Gasteiger partial charge is 0.355 e. The number of aliphatic imine (C=N–C) groups is 1. The summed E-state index contributed by atoms with van der Waals surface area (Å²) < 4.78 is 13.8. The van der Waals surface area contributed by atoms with E-state index >= 15 is 0 Å². The van der Waals surface area contributed by atoms with Gasteiger partial charge in [-0.1, -0.05) is 24.3 Å². The molecule has 2 aromatic carbocycles. The Morgan fingerprint density at radius 2 is 1.96 bits per heavy atom. The second-order valence-electron chi connectivity index (χ2n) is 6.08. The summed E-state index contributed by atoms with van der Waals surface area (Å²) in [5, 5.41) is 9.06. The summed E-state index contributed by atoms with van der Waals surface area (Å²) in [6.07, 6.45) is 0. The molecule has 0 aliphatic heterocycles. The minimum atomic E-state index is -0.217. The number of amides is 1. The fourth-order valence-electron chi connectivity index (χ4n) is 2.51. The summed E-state index contributed by atoms with van der Waals surface area (Å²) in [4.78, 5) is 15.9. The number of aryl methyl sites for hydroxylation is 1. The van der Waals surface area contributed by atoms with Gasteiger partial charge in [0.05, 0.1) is 6.04 Å². The van der Waals surface area contributed by atoms with Crippen molar-refractivity contribution in [2.24, 2.45) is 4.99 Å². The second-order valence-corrected chi connectivity index (χ2v) is 6.08. The molecule has 0 saturated carbocycles. The molecule has 0 saturated heterocycles. The van der Waals surface area contributed by atoms with Crippen molar-refractivity contribution in [3.63, 3.8) is 0 Å². The zero-order valence-corrected chi connectivity index (χ0v) is 18.3. The number of carbonyl (C=O) groups excluding carboxylic acids is 1. The molecule has 2 aromatic rings. The van der Waals surface area contributed by atoms with Gasteiger partial charge in [0, 0.05) is 26.2 Å². The van der Waals surface area contributed by atoms with Crippen LogP contribution in [0.15, 0.2) is 47.5 Å². The van der Waals surface area contributed by atoms with E-state index in [4.69, 9.17) is 0 Å². The summed E-state index contributed by atoms with van der Waals surface area (Å²) >= 11 is 0. The molecule has 0 spiro atoms. The van der Waals surface area contributed by atoms with E-state index in [1.54, 1.807) is 33.2 Å². The number of nitrogens with one attached hydrogen (secondary N) is 3. The van der Waals surface area contributed by atoms with Crippen LogP contribution >= 0.6 is 24.0 Å². The second kappa shape index (κ2) is 10.9. The maximum atomic E-state index is 13.8. The first-order valence-corrected chi connectivity index (χ1v) is 8.49. The lowest BCUT2D eigenvalue weighted by atomic mass is 10.1. The molecule has 0 aliphatic carbocycles. The van der Waals surface area contributed by atoms with Gasteiger partial charge in [0.1, 0.15) is 5.82 Å². The van der Waals surface area contributed by atoms with Crippen LogP contribution in [-0.2, 0) is 6.54 Å². The molecule has 0 radical (unpaired) electrons. The van der Waals surface area contributed by atoms with Crippen molar-refractivity contribution in [2.75, 3.05) is 14.1 Å². The van der Waals surface area contributed by atoms with Crippen LogP contribution in [0.25, 0.3) is 0 Å². The number of benzene rings is 2. The highest BCUT2D eigenvalue weighted by molar-refractivity contribution is 14.0. The molecule has 2 rings (SSSR count). The first-order valence-electron chi connectivity index (χ1n) is 8.49. The zero-order valence-electron chi connectivity index (χ0n) is 16.0. The van der Waals surface area contributed by atoms with Crippen molar-refractivity contribution < 1.29 is 9.18 Å². The number of hydrogen-bond donors (Lipinski definition) is 3. The number of carbonyl (C=O) groups is 1. The fraction of sp³-hybridized carbons (Fsp3) is 0.300. The van der Waals surface area contributed by atoms with Gasteiger partial charge in [0.2, 0.25) is 0 Å². The highest BCUT2D eigenvalue weighted by Crippen LogP contribution is 2.16. The van der Waals surface area contributed by atoms with Crippen LogP contribution < -0.4 is 16.0 Å². The average molecular weight is 484 g/mol. The van der Waals surface area contributed by atoms with Crippen molar-refractivity contribution >= 4 is 35.8 Å². The smallest absolute Gasteiger partial charge is 0.251 e. The SMILES string of the molecule is CN=C(NCc1cccc(C(=O)NC)c1)NC(C)c1ccc(C)c(F)c1.I. The van der Waals surface area contributed by atoms with E-state index in [-0.39, 0.29) is 41.7 Å². The summed E-state index contributed by atoms with van der Waals surface area (Å²) in [6.45, 7) is 4.20. The average Bonchev–Trinajstić information content (AvgIpc) is 2.66. The van der Waals surface area contributed by atoms with Crippen molar-refractivity contribution in [3.8, 4) is 0 Å². The standard InChI is InChI=1S/C20H25FN4O.HI/c1-13-8-9-16(11-18(13)21)14(2)25-20(23-4)24-12-15-6-5-7-17(10-15)19(26)22-3;/h5-11,14H,12H2,1-4H3,(H,22,26)(H2,23,24,25);1H. The number of nitrogens with zero attached hydrogens (tertiary/aromatic N) is 1. The molecular formula is C20H26FIN4O. The van der Waals surface area contributed by atoms with Crippen LogP contribution in [0.2, 0.25) is 0 Å². The van der Waals surface area contributed by atoms with Crippen LogP contribution in [0.3, 0.4) is 0 Å². The van der Waals surface area contributed by atoms with Gasteiger partial charge in [-0.05, 0) is 48.7 Å². The van der Waals surface area contributed by atoms with Gasteiger partial charge in [-0.15, -0.1) is 24.0 Å². The van der Waals surface area contributed by atoms with Crippen molar-refractivity contribution in [1.82, 2.24) is 16.0 Å². The van der Waals surface area contributed by atoms with E-state index in [0.717, 1.165) is 11.1 Å². The third kappa shape index (κ3) is 6.50. The maximum absolute atomic E-state index is 13.8. The summed E-state index contributed by atoms with van der Waals surface area (Å²) in [7, 11) is 3.28. The molecule has 0 bridgehead atoms. The Kier molecular flexibility index (Phi) is 9.20. The van der Waals surface area contributed by atoms with Crippen LogP contribution in [-0.4, -0.2) is 26.0 Å². The predicted molar refractivity (Wildman–Crippen MR) is 118 cm³/mol. The molecule has 7 heteroatoms. The fourth-order valence-corrected chi connectivity index (χ4v) is 2.51. The Balaban J connectivity index is 0.00000364. The normalized spacial score (nSPS) is 12.0. The van der Waals surface area contributed by atoms with E-state index in [0.29, 0.717) is 23.6 Å². The van der Waals surface area contributed by atoms with Crippen molar-refractivity contribution in [2.45, 2.75) is 26.4 Å². The molecule has 146 valence electrons. The molecule has 1 amide bonds. The van der Waals surface area contributed by atoms with E-state index in [1.165, 1.54) is 6.07 Å². The topological polar surface area (TPSA) is 65.5 Å². The Hall–Kier alpha value is -2.16. The highest BCUT2D eigenvalue weighted by Gasteiger charge is 2.10. The number of halogens is 2. The minimum absolute atomic E-state index is 0. The molecule has 0 fully saturated rings. The molecule has 3 N–H and O–H groups in total. The molecule has 0 heterocycles. The van der Waals surface area contributed by atoms with Crippen LogP contribution in [0.1, 0.15) is 40.0 Å². The molecule has 1 unspecified atom stereocenters. The van der Waals surface area contributed by atoms with Crippen LogP contribution in [0.4, 0.5) is 4.39 Å². The summed E-state index contributed by atoms with van der Waals surface area (Å²) in [5.74, 6) is 0.262. The van der Waals surface area contributed by atoms with Gasteiger partial charge in [0.25, 0.3) is 5.91 Å². The summed E-state index contributed by atoms with van der Waals surface area (Å²) in [6, 6.07) is 12.5. The van der Waals surface area contributed by atoms with Gasteiger partial charge < -0.3 is 16.0 Å². The summed E-state index contributed by atoms with van der Waals surface area (Å²) in [5.41, 5.74) is 3.04. The Bertz CT molecular complexity index is 810. The maximum Gasteiger partial charge on any atom is 0.251 e. The van der Waals surface area contributed by atoms with Crippen molar-refractivity contribution in [3.05, 3.63) is 70.5 Å². The quantitative estimate of drug-likeness (QED) is 0.346. The molecule has 27 heavy (non-hydrogen) atoms. The lowest BCUT2D eigenvalue weighted by Gasteiger charge is -2.19. The Labute approximate surface area is 176 Å². The van der Waals surface area contributed by atoms with E-state index < -0.39 is 0 Å². The third-order valence-corrected chi connectivity index (χ3v) is 4.15. The third-order valence-electron chi connectivity index (χ3n) is 4.15. The monoisotopic (exact) mass is 484 g/mol. The highest BCUT2D eigenvalue weighted by atomic mass is 127. The van der Waals surface area contributed by atoms with Crippen molar-refractivity contribution in [1.29, 1.82) is 0 Å². The van der Waals surface area contributed by atoms with Crippen LogP contribution in [0, 0.1) is 12.7 Å². The lowest BCUT2D eigenvalue weighted by molar-refractivity contribution is 0.0963. The number of guanidine groups is 1. The molecule has 0 aromatic heterocycles. The molecular weight excluding hydrogens is 458 g/mol. The first kappa shape index (κ1) is 22.9. The van der Waals surface area contributed by atoms with Gasteiger partial charge >= 0.3 is 0 Å². The van der Waals surface area contributed by atoms with Gasteiger partial charge in [-0.2, -0.15) is 0 Å². The zero-order chi connectivity index (χ0) is 19.1. The van der Waals surface area contributed by atoms with Gasteiger partial charge in [0.15, 0.2) is 5.96 Å². The van der Waals surface area contributed by atoms with E-state index in [1.807, 2.05) is 31.2 Å². The van der Waals surface area contributed by atoms with Gasteiger partial charge in [-0.3, -0.25) is 9.79 Å². The lowest BCUT2D eigenvalue weighted by Crippen LogP contribution is -2.38. The van der Waals surface area contributed by atoms with E-state index in [9.17, 15) is 9.18 Å². The molecule has 0 aliphatic rings. The Morgan fingerprint density at radius 1 is 1.22 bits per heavy atom. The molecule has 5 nitrogen and oxygen atoms in total. The van der Waals surface area contributed by atoms with Gasteiger partial charge in [-0.25, -0.2) is 4.39 Å².